The molecular formula is C18H12F4N4O2. The number of halogens is 4. The van der Waals surface area contributed by atoms with Crippen molar-refractivity contribution in [3.8, 4) is 11.4 Å². The number of alkyl halides is 4. The van der Waals surface area contributed by atoms with Crippen LogP contribution in [0.4, 0.5) is 17.6 Å². The van der Waals surface area contributed by atoms with Gasteiger partial charge in [0, 0.05) is 24.2 Å². The number of nitrogens with zero attached hydrogens (tertiary/aromatic N) is 4. The molecule has 0 saturated heterocycles. The van der Waals surface area contributed by atoms with Gasteiger partial charge in [0.25, 0.3) is 0 Å². The Balaban J connectivity index is 2.01. The van der Waals surface area contributed by atoms with Crippen molar-refractivity contribution in [1.29, 1.82) is 0 Å². The number of aromatic nitrogens is 4. The summed E-state index contributed by atoms with van der Waals surface area (Å²) in [6.07, 6.45) is 0.493. The standard InChI is InChI=1S/C18H12F4N4O2/c19-8-11-5-13(7-14(6-11)18(20,21)22)16-24-10-26(25-16)9-15(17(27)28)12-1-3-23-4-2-12/h1-7,9-10H,8H2,(H,27,28)/b15-9-. The number of aliphatic carboxylic acids is 1. The van der Waals surface area contributed by atoms with Crippen molar-refractivity contribution in [1.82, 2.24) is 19.7 Å². The van der Waals surface area contributed by atoms with Crippen LogP contribution in [-0.4, -0.2) is 30.8 Å². The van der Waals surface area contributed by atoms with E-state index in [0.717, 1.165) is 23.3 Å². The lowest BCUT2D eigenvalue weighted by Crippen LogP contribution is -2.06. The van der Waals surface area contributed by atoms with Crippen LogP contribution in [0.3, 0.4) is 0 Å². The van der Waals surface area contributed by atoms with E-state index >= 15 is 0 Å². The third-order valence-electron chi connectivity index (χ3n) is 3.72. The number of hydrogen-bond donors (Lipinski definition) is 1. The molecule has 0 unspecified atom stereocenters. The number of pyridine rings is 1. The highest BCUT2D eigenvalue weighted by Crippen LogP contribution is 2.33. The molecule has 2 aromatic heterocycles. The zero-order chi connectivity index (χ0) is 20.3. The molecule has 0 bridgehead atoms. The second-order valence-corrected chi connectivity index (χ2v) is 5.68. The van der Waals surface area contributed by atoms with Gasteiger partial charge in [0.05, 0.1) is 11.1 Å². The van der Waals surface area contributed by atoms with Gasteiger partial charge in [-0.1, -0.05) is 0 Å². The summed E-state index contributed by atoms with van der Waals surface area (Å²) >= 11 is 0. The summed E-state index contributed by atoms with van der Waals surface area (Å²) in [5.74, 6) is -1.33. The van der Waals surface area contributed by atoms with Crippen LogP contribution in [0.25, 0.3) is 23.2 Å². The minimum atomic E-state index is -4.65. The average Bonchev–Trinajstić information content (AvgIpc) is 3.14. The highest BCUT2D eigenvalue weighted by molar-refractivity contribution is 6.19. The van der Waals surface area contributed by atoms with Crippen LogP contribution in [0.5, 0.6) is 0 Å². The van der Waals surface area contributed by atoms with E-state index in [1.807, 2.05) is 0 Å². The molecule has 0 radical (unpaired) electrons. The largest absolute Gasteiger partial charge is 0.478 e. The Bertz CT molecular complexity index is 1030. The predicted molar refractivity (Wildman–Crippen MR) is 91.3 cm³/mol. The van der Waals surface area contributed by atoms with Gasteiger partial charge in [-0.3, -0.25) is 4.98 Å². The van der Waals surface area contributed by atoms with Gasteiger partial charge >= 0.3 is 12.1 Å². The smallest absolute Gasteiger partial charge is 0.416 e. The molecule has 1 N–H and O–H groups in total. The fourth-order valence-corrected chi connectivity index (χ4v) is 2.45. The molecule has 10 heteroatoms. The van der Waals surface area contributed by atoms with Crippen molar-refractivity contribution < 1.29 is 27.5 Å². The van der Waals surface area contributed by atoms with E-state index in [-0.39, 0.29) is 22.5 Å². The van der Waals surface area contributed by atoms with E-state index < -0.39 is 24.4 Å². The number of carbonyl (C=O) groups is 1. The second-order valence-electron chi connectivity index (χ2n) is 5.68. The van der Waals surface area contributed by atoms with Gasteiger partial charge in [-0.25, -0.2) is 18.9 Å². The van der Waals surface area contributed by atoms with Crippen LogP contribution in [-0.2, 0) is 17.6 Å². The Hall–Kier alpha value is -3.56. The van der Waals surface area contributed by atoms with Gasteiger partial charge in [0.2, 0.25) is 0 Å². The minimum Gasteiger partial charge on any atom is -0.478 e. The highest BCUT2D eigenvalue weighted by atomic mass is 19.4. The molecule has 0 saturated carbocycles. The van der Waals surface area contributed by atoms with Gasteiger partial charge < -0.3 is 5.11 Å². The van der Waals surface area contributed by atoms with Crippen molar-refractivity contribution in [3.63, 3.8) is 0 Å². The molecule has 0 aliphatic heterocycles. The van der Waals surface area contributed by atoms with Crippen LogP contribution < -0.4 is 0 Å². The molecule has 144 valence electrons. The lowest BCUT2D eigenvalue weighted by molar-refractivity contribution is -0.137. The summed E-state index contributed by atoms with van der Waals surface area (Å²) in [5.41, 5.74) is -0.978. The topological polar surface area (TPSA) is 80.9 Å². The third kappa shape index (κ3) is 4.22. The SMILES string of the molecule is O=C(O)/C(=C\n1cnc(-c2cc(CF)cc(C(F)(F)F)c2)n1)c1ccncc1. The number of carboxylic acids is 1. The number of carboxylic acid groups (broad SMARTS) is 1. The fourth-order valence-electron chi connectivity index (χ4n) is 2.45. The molecule has 3 aromatic rings. The average molecular weight is 392 g/mol. The molecule has 2 heterocycles. The Morgan fingerprint density at radius 3 is 2.50 bits per heavy atom. The Morgan fingerprint density at radius 2 is 1.89 bits per heavy atom. The van der Waals surface area contributed by atoms with E-state index in [4.69, 9.17) is 0 Å². The molecule has 0 fully saturated rings. The Morgan fingerprint density at radius 1 is 1.18 bits per heavy atom. The minimum absolute atomic E-state index is 0.0320. The molecule has 0 amide bonds. The summed E-state index contributed by atoms with van der Waals surface area (Å²) in [6, 6.07) is 5.70. The van der Waals surface area contributed by atoms with E-state index in [9.17, 15) is 27.5 Å². The van der Waals surface area contributed by atoms with Gasteiger partial charge in [0.15, 0.2) is 5.82 Å². The van der Waals surface area contributed by atoms with Gasteiger partial charge in [0.1, 0.15) is 13.0 Å². The summed E-state index contributed by atoms with van der Waals surface area (Å²) < 4.78 is 53.0. The van der Waals surface area contributed by atoms with Crippen LogP contribution in [0.2, 0.25) is 0 Å². The zero-order valence-corrected chi connectivity index (χ0v) is 14.1. The summed E-state index contributed by atoms with van der Waals surface area (Å²) in [7, 11) is 0. The van der Waals surface area contributed by atoms with Crippen molar-refractivity contribution in [2.24, 2.45) is 0 Å². The fraction of sp³-hybridized carbons (Fsp3) is 0.111. The van der Waals surface area contributed by atoms with Crippen molar-refractivity contribution in [2.45, 2.75) is 12.9 Å². The van der Waals surface area contributed by atoms with Crippen molar-refractivity contribution >= 4 is 17.7 Å². The van der Waals surface area contributed by atoms with Crippen LogP contribution >= 0.6 is 0 Å². The molecule has 1 aromatic carbocycles. The van der Waals surface area contributed by atoms with E-state index in [1.165, 1.54) is 30.6 Å². The van der Waals surface area contributed by atoms with Gasteiger partial charge in [-0.05, 0) is 41.5 Å². The second kappa shape index (κ2) is 7.59. The Kier molecular flexibility index (Phi) is 5.21. The van der Waals surface area contributed by atoms with E-state index in [0.29, 0.717) is 11.6 Å². The lowest BCUT2D eigenvalue weighted by Gasteiger charge is -2.09. The zero-order valence-electron chi connectivity index (χ0n) is 14.1. The molecule has 0 spiro atoms. The molecule has 0 atom stereocenters. The highest BCUT2D eigenvalue weighted by Gasteiger charge is 2.31. The number of hydrogen-bond acceptors (Lipinski definition) is 4. The van der Waals surface area contributed by atoms with Crippen molar-refractivity contribution in [2.75, 3.05) is 0 Å². The molecular weight excluding hydrogens is 380 g/mol. The van der Waals surface area contributed by atoms with Crippen LogP contribution in [0.1, 0.15) is 16.7 Å². The normalized spacial score (nSPS) is 12.2. The molecule has 3 rings (SSSR count). The Labute approximate surface area is 155 Å². The first-order valence-electron chi connectivity index (χ1n) is 7.82. The third-order valence-corrected chi connectivity index (χ3v) is 3.72. The van der Waals surface area contributed by atoms with Crippen LogP contribution in [0, 0.1) is 0 Å². The first kappa shape index (κ1) is 19.2. The first-order chi connectivity index (χ1) is 13.3. The van der Waals surface area contributed by atoms with Crippen molar-refractivity contribution in [3.05, 3.63) is 65.7 Å². The van der Waals surface area contributed by atoms with Crippen LogP contribution in [0.15, 0.2) is 49.1 Å². The summed E-state index contributed by atoms with van der Waals surface area (Å²) in [6.45, 7) is -1.08. The predicted octanol–water partition coefficient (Wildman–Crippen LogP) is 3.91. The van der Waals surface area contributed by atoms with Gasteiger partial charge in [-0.2, -0.15) is 13.2 Å². The molecule has 0 aliphatic rings. The summed E-state index contributed by atoms with van der Waals surface area (Å²) in [4.78, 5) is 19.2. The monoisotopic (exact) mass is 392 g/mol. The van der Waals surface area contributed by atoms with E-state index in [2.05, 4.69) is 15.1 Å². The van der Waals surface area contributed by atoms with Gasteiger partial charge in [-0.15, -0.1) is 5.10 Å². The summed E-state index contributed by atoms with van der Waals surface area (Å²) in [5, 5.41) is 13.4. The number of rotatable bonds is 5. The first-order valence-corrected chi connectivity index (χ1v) is 7.82. The quantitative estimate of drug-likeness (QED) is 0.526. The maximum atomic E-state index is 13.0. The van der Waals surface area contributed by atoms with E-state index in [1.54, 1.807) is 0 Å². The molecule has 28 heavy (non-hydrogen) atoms. The maximum absolute atomic E-state index is 13.0. The molecule has 6 nitrogen and oxygen atoms in total. The lowest BCUT2D eigenvalue weighted by atomic mass is 10.1. The number of benzene rings is 1. The molecule has 0 aliphatic carbocycles. The maximum Gasteiger partial charge on any atom is 0.416 e.